The maximum Gasteiger partial charge on any atom is 0.232 e. The molecule has 0 spiro atoms. The number of hydrogen-bond acceptors (Lipinski definition) is 7. The van der Waals surface area contributed by atoms with Gasteiger partial charge in [0.15, 0.2) is 0 Å². The van der Waals surface area contributed by atoms with Gasteiger partial charge in [-0.05, 0) is 65.7 Å². The van der Waals surface area contributed by atoms with Crippen LogP contribution in [0.3, 0.4) is 0 Å². The maximum absolute atomic E-state index is 13.5. The number of amides is 1. The zero-order valence-corrected chi connectivity index (χ0v) is 20.7. The molecule has 1 unspecified atom stereocenters. The van der Waals surface area contributed by atoms with Gasteiger partial charge in [0.1, 0.15) is 12.1 Å². The second-order valence-corrected chi connectivity index (χ2v) is 11.8. The average Bonchev–Trinajstić information content (AvgIpc) is 3.46. The monoisotopic (exact) mass is 519 g/mol. The van der Waals surface area contributed by atoms with Crippen molar-refractivity contribution < 1.29 is 9.90 Å². The molecule has 1 aliphatic heterocycles. The molecule has 3 aliphatic rings. The third-order valence-corrected chi connectivity index (χ3v) is 8.62. The number of aliphatic hydroxyl groups is 1. The molecule has 2 N–H and O–H groups in total. The molecule has 3 atom stereocenters. The fraction of sp³-hybridized carbons (Fsp3) is 0.609. The predicted molar refractivity (Wildman–Crippen MR) is 129 cm³/mol. The van der Waals surface area contributed by atoms with E-state index in [-0.39, 0.29) is 17.7 Å². The Morgan fingerprint density at radius 2 is 2.06 bits per heavy atom. The number of aromatic nitrogens is 2. The first-order valence-electron chi connectivity index (χ1n) is 11.5. The molecule has 1 saturated heterocycles. The normalized spacial score (nSPS) is 24.0. The van der Waals surface area contributed by atoms with E-state index < -0.39 is 6.10 Å². The van der Waals surface area contributed by atoms with Crippen molar-refractivity contribution in [3.05, 3.63) is 38.4 Å². The number of fused-ring (bicyclic) bond motifs is 1. The van der Waals surface area contributed by atoms with E-state index in [1.165, 1.54) is 12.8 Å². The minimum Gasteiger partial charge on any atom is -0.387 e. The van der Waals surface area contributed by atoms with Gasteiger partial charge in [0, 0.05) is 43.2 Å². The first-order chi connectivity index (χ1) is 15.5. The van der Waals surface area contributed by atoms with Gasteiger partial charge in [0.2, 0.25) is 5.91 Å². The van der Waals surface area contributed by atoms with E-state index >= 15 is 0 Å². The summed E-state index contributed by atoms with van der Waals surface area (Å²) in [5.74, 6) is 2.03. The summed E-state index contributed by atoms with van der Waals surface area (Å²) < 4.78 is 1.06. The van der Waals surface area contributed by atoms with E-state index in [0.29, 0.717) is 26.1 Å². The van der Waals surface area contributed by atoms with Gasteiger partial charge in [0.25, 0.3) is 0 Å². The van der Waals surface area contributed by atoms with Gasteiger partial charge in [-0.1, -0.05) is 6.92 Å². The van der Waals surface area contributed by atoms with Gasteiger partial charge in [-0.3, -0.25) is 4.79 Å². The van der Waals surface area contributed by atoms with Crippen LogP contribution in [0.1, 0.15) is 60.3 Å². The number of nitrogens with one attached hydrogen (secondary N) is 1. The minimum atomic E-state index is -0.501. The standard InChI is InChI=1S/C23H30BrN5O2S/c1-14-10-17(30)21-20(14)22(27-13-26-21)28-6-8-29(9-7-28)23(31)16(12-25-11-15-2-3-15)18-4-5-19(24)32-18/h4-5,13-17,25,30H,2-3,6-12H2,1H3/t14-,16?,17-/m1/s1. The summed E-state index contributed by atoms with van der Waals surface area (Å²) in [6.07, 6.45) is 4.37. The lowest BCUT2D eigenvalue weighted by Gasteiger charge is -2.37. The molecule has 32 heavy (non-hydrogen) atoms. The van der Waals surface area contributed by atoms with Crippen LogP contribution in [-0.2, 0) is 4.79 Å². The summed E-state index contributed by atoms with van der Waals surface area (Å²) in [7, 11) is 0. The number of piperazine rings is 1. The van der Waals surface area contributed by atoms with Gasteiger partial charge < -0.3 is 20.2 Å². The Morgan fingerprint density at radius 1 is 1.28 bits per heavy atom. The molecule has 9 heteroatoms. The molecule has 3 heterocycles. The highest BCUT2D eigenvalue weighted by atomic mass is 79.9. The molecule has 0 bridgehead atoms. The predicted octanol–water partition coefficient (Wildman–Crippen LogP) is 3.27. The summed E-state index contributed by atoms with van der Waals surface area (Å²) in [5.41, 5.74) is 1.84. The van der Waals surface area contributed by atoms with Gasteiger partial charge in [-0.2, -0.15) is 0 Å². The molecule has 2 aromatic rings. The van der Waals surface area contributed by atoms with Crippen molar-refractivity contribution in [2.45, 2.75) is 44.1 Å². The van der Waals surface area contributed by atoms with Crippen LogP contribution in [0, 0.1) is 5.92 Å². The molecular formula is C23H30BrN5O2S. The van der Waals surface area contributed by atoms with E-state index in [4.69, 9.17) is 0 Å². The first-order valence-corrected chi connectivity index (χ1v) is 13.1. The quantitative estimate of drug-likeness (QED) is 0.584. The Kier molecular flexibility index (Phi) is 6.51. The maximum atomic E-state index is 13.5. The van der Waals surface area contributed by atoms with Crippen molar-refractivity contribution in [2.75, 3.05) is 44.2 Å². The summed E-state index contributed by atoms with van der Waals surface area (Å²) in [4.78, 5) is 27.8. The van der Waals surface area contributed by atoms with Crippen molar-refractivity contribution in [1.82, 2.24) is 20.2 Å². The molecule has 7 nitrogen and oxygen atoms in total. The topological polar surface area (TPSA) is 81.6 Å². The smallest absolute Gasteiger partial charge is 0.232 e. The molecule has 2 aliphatic carbocycles. The van der Waals surface area contributed by atoms with Crippen LogP contribution in [0.4, 0.5) is 5.82 Å². The Labute approximate surface area is 201 Å². The van der Waals surface area contributed by atoms with Gasteiger partial charge >= 0.3 is 0 Å². The van der Waals surface area contributed by atoms with Crippen molar-refractivity contribution in [3.63, 3.8) is 0 Å². The number of thiophene rings is 1. The van der Waals surface area contributed by atoms with E-state index in [1.54, 1.807) is 17.7 Å². The van der Waals surface area contributed by atoms with E-state index in [0.717, 1.165) is 51.3 Å². The van der Waals surface area contributed by atoms with Crippen LogP contribution in [0.25, 0.3) is 0 Å². The minimum absolute atomic E-state index is 0.143. The van der Waals surface area contributed by atoms with Crippen LogP contribution in [0.2, 0.25) is 0 Å². The third kappa shape index (κ3) is 4.58. The number of nitrogens with zero attached hydrogens (tertiary/aromatic N) is 4. The Bertz CT molecular complexity index is 973. The molecule has 0 radical (unpaired) electrons. The van der Waals surface area contributed by atoms with Gasteiger partial charge in [0.05, 0.1) is 21.5 Å². The SMILES string of the molecule is C[C@@H]1C[C@@H](O)c2ncnc(N3CCN(C(=O)C(CNCC4CC4)c4ccc(Br)s4)CC3)c21. The number of aliphatic hydroxyl groups excluding tert-OH is 1. The van der Waals surface area contributed by atoms with Crippen LogP contribution >= 0.6 is 27.3 Å². The van der Waals surface area contributed by atoms with Gasteiger partial charge in [-0.15, -0.1) is 11.3 Å². The number of carbonyl (C=O) groups is 1. The van der Waals surface area contributed by atoms with Crippen molar-refractivity contribution in [3.8, 4) is 0 Å². The fourth-order valence-corrected chi connectivity index (χ4v) is 6.41. The highest BCUT2D eigenvalue weighted by Crippen LogP contribution is 2.43. The van der Waals surface area contributed by atoms with Crippen molar-refractivity contribution in [1.29, 1.82) is 0 Å². The lowest BCUT2D eigenvalue weighted by molar-refractivity contribution is -0.133. The summed E-state index contributed by atoms with van der Waals surface area (Å²) in [6.45, 7) is 6.67. The second-order valence-electron chi connectivity index (χ2n) is 9.26. The molecular weight excluding hydrogens is 490 g/mol. The van der Waals surface area contributed by atoms with Crippen molar-refractivity contribution >= 4 is 39.0 Å². The van der Waals surface area contributed by atoms with Gasteiger partial charge in [-0.25, -0.2) is 9.97 Å². The summed E-state index contributed by atoms with van der Waals surface area (Å²) in [5, 5.41) is 13.8. The molecule has 172 valence electrons. The number of halogens is 1. The van der Waals surface area contributed by atoms with Crippen molar-refractivity contribution in [2.24, 2.45) is 5.92 Å². The molecule has 2 aromatic heterocycles. The Morgan fingerprint density at radius 3 is 2.75 bits per heavy atom. The highest BCUT2D eigenvalue weighted by Gasteiger charge is 2.35. The third-order valence-electron chi connectivity index (χ3n) is 6.88. The molecule has 2 fully saturated rings. The number of rotatable bonds is 7. The van der Waals surface area contributed by atoms with E-state index in [2.05, 4.69) is 49.1 Å². The van der Waals surface area contributed by atoms with Crippen LogP contribution in [0.15, 0.2) is 22.2 Å². The zero-order valence-electron chi connectivity index (χ0n) is 18.3. The van der Waals surface area contributed by atoms with Crippen LogP contribution in [0.5, 0.6) is 0 Å². The average molecular weight is 520 g/mol. The zero-order chi connectivity index (χ0) is 22.2. The Hall–Kier alpha value is -1.55. The number of hydrogen-bond donors (Lipinski definition) is 2. The molecule has 0 aromatic carbocycles. The summed E-state index contributed by atoms with van der Waals surface area (Å²) >= 11 is 5.20. The molecule has 1 amide bonds. The fourth-order valence-electron chi connectivity index (χ4n) is 4.89. The largest absolute Gasteiger partial charge is 0.387 e. The van der Waals surface area contributed by atoms with Crippen LogP contribution in [-0.4, -0.2) is 65.2 Å². The summed E-state index contributed by atoms with van der Waals surface area (Å²) in [6, 6.07) is 4.10. The second kappa shape index (κ2) is 9.37. The number of carbonyl (C=O) groups excluding carboxylic acids is 1. The molecule has 1 saturated carbocycles. The number of anilines is 1. The van der Waals surface area contributed by atoms with E-state index in [1.807, 2.05) is 11.0 Å². The first kappa shape index (κ1) is 22.3. The van der Waals surface area contributed by atoms with E-state index in [9.17, 15) is 9.90 Å². The lowest BCUT2D eigenvalue weighted by atomic mass is 10.0. The van der Waals surface area contributed by atoms with Crippen LogP contribution < -0.4 is 10.2 Å². The molecule has 5 rings (SSSR count). The highest BCUT2D eigenvalue weighted by molar-refractivity contribution is 9.11. The Balaban J connectivity index is 1.26. The lowest BCUT2D eigenvalue weighted by Crippen LogP contribution is -2.51.